The van der Waals surface area contributed by atoms with E-state index in [4.69, 9.17) is 9.47 Å². The Morgan fingerprint density at radius 3 is 2.93 bits per heavy atom. The second-order valence-corrected chi connectivity index (χ2v) is 7.63. The Labute approximate surface area is 157 Å². The highest BCUT2D eigenvalue weighted by molar-refractivity contribution is 5.68. The summed E-state index contributed by atoms with van der Waals surface area (Å²) in [6.45, 7) is 0.452. The molecule has 8 heteroatoms. The van der Waals surface area contributed by atoms with E-state index in [9.17, 15) is 4.79 Å². The number of alkyl carbamates (subject to hydrolysis) is 1. The summed E-state index contributed by atoms with van der Waals surface area (Å²) in [5.74, 6) is 1.81. The lowest BCUT2D eigenvalue weighted by Gasteiger charge is -2.35. The number of nitrogens with one attached hydrogen (secondary N) is 3. The van der Waals surface area contributed by atoms with Crippen molar-refractivity contribution in [2.45, 2.75) is 62.9 Å². The Kier molecular flexibility index (Phi) is 4.20. The average molecular weight is 369 g/mol. The summed E-state index contributed by atoms with van der Waals surface area (Å²) >= 11 is 0. The third-order valence-corrected chi connectivity index (χ3v) is 5.64. The Hall–Kier alpha value is -2.61. The molecule has 0 aromatic carbocycles. The number of hydrogen-bond acceptors (Lipinski definition) is 6. The Morgan fingerprint density at radius 2 is 2.00 bits per heavy atom. The number of ether oxygens (including phenoxy) is 2. The van der Waals surface area contributed by atoms with Crippen LogP contribution in [0.15, 0.2) is 24.3 Å². The number of nitrogens with zero attached hydrogens (tertiary/aromatic N) is 2. The van der Waals surface area contributed by atoms with Gasteiger partial charge in [-0.2, -0.15) is 5.10 Å². The van der Waals surface area contributed by atoms with E-state index >= 15 is 0 Å². The summed E-state index contributed by atoms with van der Waals surface area (Å²) in [5.41, 5.74) is 1.93. The molecule has 8 nitrogen and oxygen atoms in total. The van der Waals surface area contributed by atoms with E-state index in [0.29, 0.717) is 12.5 Å². The molecule has 3 N–H and O–H groups in total. The average Bonchev–Trinajstić information content (AvgIpc) is 3.26. The van der Waals surface area contributed by atoms with Gasteiger partial charge in [0.05, 0.1) is 18.4 Å². The predicted molar refractivity (Wildman–Crippen MR) is 97.7 cm³/mol. The summed E-state index contributed by atoms with van der Waals surface area (Å²) in [5, 5.41) is 13.7. The first-order chi connectivity index (χ1) is 13.2. The first kappa shape index (κ1) is 16.6. The van der Waals surface area contributed by atoms with Crippen LogP contribution in [0.2, 0.25) is 0 Å². The fourth-order valence-electron chi connectivity index (χ4n) is 4.08. The van der Waals surface area contributed by atoms with Crippen molar-refractivity contribution in [1.29, 1.82) is 0 Å². The lowest BCUT2D eigenvalue weighted by Crippen LogP contribution is -2.48. The van der Waals surface area contributed by atoms with Crippen molar-refractivity contribution < 1.29 is 14.3 Å². The number of fused-ring (bicyclic) bond motifs is 3. The maximum Gasteiger partial charge on any atom is 0.407 e. The van der Waals surface area contributed by atoms with Crippen LogP contribution < -0.4 is 10.6 Å². The topological polar surface area (TPSA) is 101 Å². The van der Waals surface area contributed by atoms with Crippen LogP contribution in [-0.2, 0) is 16.1 Å². The van der Waals surface area contributed by atoms with Crippen molar-refractivity contribution >= 4 is 17.7 Å². The number of hydrogen-bond donors (Lipinski definition) is 3. The van der Waals surface area contributed by atoms with Crippen LogP contribution in [0.5, 0.6) is 0 Å². The summed E-state index contributed by atoms with van der Waals surface area (Å²) in [4.78, 5) is 16.7. The molecule has 2 aliphatic carbocycles. The molecule has 6 rings (SSSR count). The minimum Gasteiger partial charge on any atom is -0.446 e. The van der Waals surface area contributed by atoms with Crippen molar-refractivity contribution in [1.82, 2.24) is 20.5 Å². The van der Waals surface area contributed by atoms with E-state index < -0.39 is 0 Å². The first-order valence-corrected chi connectivity index (χ1v) is 9.58. The van der Waals surface area contributed by atoms with Gasteiger partial charge in [-0.15, -0.1) is 0 Å². The molecule has 2 aromatic rings. The predicted octanol–water partition coefficient (Wildman–Crippen LogP) is 2.97. The number of carbonyl (C=O) groups is 1. The molecule has 2 saturated carbocycles. The van der Waals surface area contributed by atoms with Gasteiger partial charge in [0.2, 0.25) is 0 Å². The Morgan fingerprint density at radius 1 is 1.07 bits per heavy atom. The molecule has 4 heterocycles. The number of aromatic amines is 1. The van der Waals surface area contributed by atoms with E-state index in [0.717, 1.165) is 55.1 Å². The highest BCUT2D eigenvalue weighted by atomic mass is 16.6. The standard InChI is InChI=1S/C19H23N5O3/c25-19-21-13-7-15(8-13)26-10-12-2-1-3-17(20-12)22-18-9-16(23-24-18)11-4-5-14(6-11)27-19/h1-3,9,11,13-15H,4-8,10H2,(H,21,25)(H2,20,22,23,24)/t11-,13-,14+,15+/m0/s1. The van der Waals surface area contributed by atoms with Crippen LogP contribution in [0.3, 0.4) is 0 Å². The Balaban J connectivity index is 1.36. The van der Waals surface area contributed by atoms with E-state index in [2.05, 4.69) is 25.8 Å². The SMILES string of the molecule is O=C1N[C@H]2C[C@H](C2)OCc2cccc(n2)Nc2cc([nH]n2)[C@H]2CC[C@H](C2)O1. The zero-order valence-corrected chi connectivity index (χ0v) is 15.0. The number of H-pyrrole nitrogens is 1. The van der Waals surface area contributed by atoms with E-state index in [1.54, 1.807) is 0 Å². The van der Waals surface area contributed by atoms with E-state index in [-0.39, 0.29) is 24.3 Å². The van der Waals surface area contributed by atoms with Gasteiger partial charge in [-0.1, -0.05) is 6.07 Å². The van der Waals surface area contributed by atoms with E-state index in [1.807, 2.05) is 24.3 Å². The van der Waals surface area contributed by atoms with E-state index in [1.165, 1.54) is 0 Å². The van der Waals surface area contributed by atoms with Crippen LogP contribution in [0, 0.1) is 0 Å². The van der Waals surface area contributed by atoms with Gasteiger partial charge < -0.3 is 20.1 Å². The molecule has 2 aliphatic heterocycles. The van der Waals surface area contributed by atoms with Crippen LogP contribution in [0.1, 0.15) is 49.4 Å². The highest BCUT2D eigenvalue weighted by Gasteiger charge is 2.34. The summed E-state index contributed by atoms with van der Waals surface area (Å²) < 4.78 is 11.5. The van der Waals surface area contributed by atoms with Crippen molar-refractivity contribution in [3.8, 4) is 0 Å². The molecule has 27 heavy (non-hydrogen) atoms. The summed E-state index contributed by atoms with van der Waals surface area (Å²) in [6.07, 6.45) is 4.09. The molecule has 142 valence electrons. The third-order valence-electron chi connectivity index (χ3n) is 5.64. The molecule has 2 aromatic heterocycles. The molecule has 2 atom stereocenters. The van der Waals surface area contributed by atoms with Crippen LogP contribution in [0.4, 0.5) is 16.4 Å². The fraction of sp³-hybridized carbons (Fsp3) is 0.526. The maximum atomic E-state index is 12.1. The molecular formula is C19H23N5O3. The molecule has 0 radical (unpaired) electrons. The smallest absolute Gasteiger partial charge is 0.407 e. The number of carbonyl (C=O) groups excluding carboxylic acids is 1. The summed E-state index contributed by atoms with van der Waals surface area (Å²) in [7, 11) is 0. The fourth-order valence-corrected chi connectivity index (χ4v) is 4.08. The first-order valence-electron chi connectivity index (χ1n) is 9.58. The minimum absolute atomic E-state index is 0.0425. The van der Waals surface area contributed by atoms with Crippen molar-refractivity contribution in [2.75, 3.05) is 5.32 Å². The van der Waals surface area contributed by atoms with Crippen molar-refractivity contribution in [3.05, 3.63) is 35.7 Å². The minimum atomic E-state index is -0.313. The van der Waals surface area contributed by atoms with Gasteiger partial charge >= 0.3 is 6.09 Å². The quantitative estimate of drug-likeness (QED) is 0.660. The largest absolute Gasteiger partial charge is 0.446 e. The number of anilines is 2. The molecule has 0 saturated heterocycles. The molecule has 0 unspecified atom stereocenters. The zero-order chi connectivity index (χ0) is 18.2. The molecule has 8 bridgehead atoms. The van der Waals surface area contributed by atoms with Crippen LogP contribution in [0.25, 0.3) is 0 Å². The number of aromatic nitrogens is 3. The van der Waals surface area contributed by atoms with Crippen LogP contribution in [-0.4, -0.2) is 39.5 Å². The van der Waals surface area contributed by atoms with Gasteiger partial charge in [-0.25, -0.2) is 9.78 Å². The maximum absolute atomic E-state index is 12.1. The normalized spacial score (nSPS) is 30.1. The molecule has 1 amide bonds. The zero-order valence-electron chi connectivity index (χ0n) is 15.0. The van der Waals surface area contributed by atoms with Crippen molar-refractivity contribution in [2.24, 2.45) is 0 Å². The van der Waals surface area contributed by atoms with Crippen molar-refractivity contribution in [3.63, 3.8) is 0 Å². The number of pyridine rings is 1. The molecule has 4 aliphatic rings. The second-order valence-electron chi connectivity index (χ2n) is 7.63. The summed E-state index contributed by atoms with van der Waals surface area (Å²) in [6, 6.07) is 7.97. The number of rotatable bonds is 0. The molecular weight excluding hydrogens is 346 g/mol. The van der Waals surface area contributed by atoms with Gasteiger partial charge in [0, 0.05) is 23.7 Å². The highest BCUT2D eigenvalue weighted by Crippen LogP contribution is 2.36. The van der Waals surface area contributed by atoms with Gasteiger partial charge in [-0.05, 0) is 44.2 Å². The van der Waals surface area contributed by atoms with Gasteiger partial charge in [0.25, 0.3) is 0 Å². The molecule has 2 fully saturated rings. The number of amides is 1. The second kappa shape index (κ2) is 6.84. The lowest BCUT2D eigenvalue weighted by atomic mass is 9.89. The lowest BCUT2D eigenvalue weighted by molar-refractivity contribution is -0.0283. The van der Waals surface area contributed by atoms with Gasteiger partial charge in [-0.3, -0.25) is 5.10 Å². The van der Waals surface area contributed by atoms with Crippen LogP contribution >= 0.6 is 0 Å². The van der Waals surface area contributed by atoms with Gasteiger partial charge in [0.1, 0.15) is 11.9 Å². The van der Waals surface area contributed by atoms with Gasteiger partial charge in [0.15, 0.2) is 5.82 Å². The molecule has 0 spiro atoms. The Bertz CT molecular complexity index is 832. The third kappa shape index (κ3) is 3.62. The monoisotopic (exact) mass is 369 g/mol.